The van der Waals surface area contributed by atoms with Crippen LogP contribution >= 0.6 is 0 Å². The minimum Gasteiger partial charge on any atom is -0.454 e. The second-order valence-electron chi connectivity index (χ2n) is 6.37. The van der Waals surface area contributed by atoms with Crippen LogP contribution < -0.4 is 0 Å². The van der Waals surface area contributed by atoms with E-state index in [-0.39, 0.29) is 0 Å². The van der Waals surface area contributed by atoms with Crippen LogP contribution in [-0.4, -0.2) is 4.98 Å². The lowest BCUT2D eigenvalue weighted by molar-refractivity contribution is 0.668. The lowest BCUT2D eigenvalue weighted by atomic mass is 10.0. The number of nitrogens with zero attached hydrogens (tertiary/aromatic N) is 2. The number of aromatic nitrogens is 1. The SMILES string of the molecule is N#Cc1cccc2c1oc1c(-c3cc(-c4ccccc4)ccn3)cccc12. The van der Waals surface area contributed by atoms with Gasteiger partial charge < -0.3 is 4.42 Å². The molecule has 0 spiro atoms. The molecule has 0 N–H and O–H groups in total. The summed E-state index contributed by atoms with van der Waals surface area (Å²) in [6.07, 6.45) is 1.82. The topological polar surface area (TPSA) is 49.8 Å². The Kier molecular flexibility index (Phi) is 3.48. The van der Waals surface area contributed by atoms with Crippen molar-refractivity contribution in [3.8, 4) is 28.5 Å². The molecule has 0 aliphatic heterocycles. The van der Waals surface area contributed by atoms with Crippen LogP contribution in [0.3, 0.4) is 0 Å². The summed E-state index contributed by atoms with van der Waals surface area (Å²) < 4.78 is 6.14. The monoisotopic (exact) mass is 346 g/mol. The molecule has 126 valence electrons. The van der Waals surface area contributed by atoms with Crippen LogP contribution in [0.15, 0.2) is 89.5 Å². The molecule has 5 rings (SSSR count). The molecule has 0 amide bonds. The minimum absolute atomic E-state index is 0.542. The van der Waals surface area contributed by atoms with Crippen molar-refractivity contribution >= 4 is 21.9 Å². The van der Waals surface area contributed by atoms with Crippen LogP contribution in [0, 0.1) is 11.3 Å². The van der Waals surface area contributed by atoms with Crippen LogP contribution in [0.5, 0.6) is 0 Å². The van der Waals surface area contributed by atoms with E-state index in [1.807, 2.05) is 60.8 Å². The Hall–Kier alpha value is -3.90. The van der Waals surface area contributed by atoms with Crippen LogP contribution in [0.1, 0.15) is 5.56 Å². The molecule has 0 unspecified atom stereocenters. The molecule has 0 bridgehead atoms. The Morgan fingerprint density at radius 3 is 2.33 bits per heavy atom. The second-order valence-corrected chi connectivity index (χ2v) is 6.37. The summed E-state index contributed by atoms with van der Waals surface area (Å²) >= 11 is 0. The highest BCUT2D eigenvalue weighted by Crippen LogP contribution is 2.37. The summed E-state index contributed by atoms with van der Waals surface area (Å²) in [6.45, 7) is 0. The van der Waals surface area contributed by atoms with E-state index in [0.717, 1.165) is 38.7 Å². The molecular weight excluding hydrogens is 332 g/mol. The summed E-state index contributed by atoms with van der Waals surface area (Å²) in [6, 6.07) is 28.2. The average molecular weight is 346 g/mol. The van der Waals surface area contributed by atoms with Gasteiger partial charge in [-0.2, -0.15) is 5.26 Å². The van der Waals surface area contributed by atoms with Crippen LogP contribution in [0.4, 0.5) is 0 Å². The molecule has 0 saturated heterocycles. The Morgan fingerprint density at radius 1 is 0.741 bits per heavy atom. The fourth-order valence-electron chi connectivity index (χ4n) is 3.50. The quantitative estimate of drug-likeness (QED) is 0.383. The molecule has 27 heavy (non-hydrogen) atoms. The van der Waals surface area contributed by atoms with Gasteiger partial charge in [-0.05, 0) is 35.4 Å². The van der Waals surface area contributed by atoms with Crippen molar-refractivity contribution in [1.29, 1.82) is 5.26 Å². The molecule has 0 saturated carbocycles. The van der Waals surface area contributed by atoms with Crippen molar-refractivity contribution in [1.82, 2.24) is 4.98 Å². The third kappa shape index (κ3) is 2.47. The van der Waals surface area contributed by atoms with E-state index in [1.54, 1.807) is 6.07 Å². The Labute approximate surface area is 156 Å². The molecule has 2 aromatic heterocycles. The highest BCUT2D eigenvalue weighted by Gasteiger charge is 2.15. The number of hydrogen-bond donors (Lipinski definition) is 0. The highest BCUT2D eigenvalue weighted by molar-refractivity contribution is 6.10. The lowest BCUT2D eigenvalue weighted by Gasteiger charge is -2.06. The minimum atomic E-state index is 0.542. The van der Waals surface area contributed by atoms with Gasteiger partial charge >= 0.3 is 0 Å². The van der Waals surface area contributed by atoms with Gasteiger partial charge in [-0.15, -0.1) is 0 Å². The smallest absolute Gasteiger partial charge is 0.153 e. The van der Waals surface area contributed by atoms with E-state index in [0.29, 0.717) is 11.1 Å². The molecule has 2 heterocycles. The number of benzene rings is 3. The number of furan rings is 1. The number of rotatable bonds is 2. The fraction of sp³-hybridized carbons (Fsp3) is 0. The number of fused-ring (bicyclic) bond motifs is 3. The summed E-state index contributed by atoms with van der Waals surface area (Å²) in [5, 5.41) is 11.3. The Balaban J connectivity index is 1.76. The first-order valence-electron chi connectivity index (χ1n) is 8.71. The zero-order valence-corrected chi connectivity index (χ0v) is 14.4. The Morgan fingerprint density at radius 2 is 1.52 bits per heavy atom. The summed E-state index contributed by atoms with van der Waals surface area (Å²) in [5.41, 5.74) is 5.94. The average Bonchev–Trinajstić information content (AvgIpc) is 3.13. The molecule has 3 nitrogen and oxygen atoms in total. The van der Waals surface area contributed by atoms with Gasteiger partial charge in [0.1, 0.15) is 11.7 Å². The zero-order chi connectivity index (χ0) is 18.2. The predicted molar refractivity (Wildman–Crippen MR) is 107 cm³/mol. The molecule has 0 fully saturated rings. The molecule has 0 aliphatic carbocycles. The highest BCUT2D eigenvalue weighted by atomic mass is 16.3. The van der Waals surface area contributed by atoms with Crippen molar-refractivity contribution < 1.29 is 4.42 Å². The van der Waals surface area contributed by atoms with Gasteiger partial charge in [0.25, 0.3) is 0 Å². The van der Waals surface area contributed by atoms with Crippen molar-refractivity contribution in [2.75, 3.05) is 0 Å². The first-order valence-corrected chi connectivity index (χ1v) is 8.71. The van der Waals surface area contributed by atoms with E-state index in [1.165, 1.54) is 0 Å². The summed E-state index contributed by atoms with van der Waals surface area (Å²) in [7, 11) is 0. The van der Waals surface area contributed by atoms with Gasteiger partial charge in [0.2, 0.25) is 0 Å². The van der Waals surface area contributed by atoms with Crippen molar-refractivity contribution in [2.45, 2.75) is 0 Å². The van der Waals surface area contributed by atoms with Gasteiger partial charge in [0, 0.05) is 22.5 Å². The standard InChI is InChI=1S/C24H14N2O/c25-15-18-8-4-9-19-20-10-5-11-21(24(20)27-23(18)19)22-14-17(12-13-26-22)16-6-2-1-3-7-16/h1-14H. The van der Waals surface area contributed by atoms with E-state index in [9.17, 15) is 5.26 Å². The van der Waals surface area contributed by atoms with Gasteiger partial charge in [-0.3, -0.25) is 4.98 Å². The zero-order valence-electron chi connectivity index (χ0n) is 14.4. The van der Waals surface area contributed by atoms with Crippen molar-refractivity contribution in [3.05, 3.63) is 90.6 Å². The molecule has 3 heteroatoms. The van der Waals surface area contributed by atoms with Crippen LogP contribution in [-0.2, 0) is 0 Å². The van der Waals surface area contributed by atoms with Gasteiger partial charge in [-0.1, -0.05) is 54.6 Å². The maximum Gasteiger partial charge on any atom is 0.153 e. The fourth-order valence-corrected chi connectivity index (χ4v) is 3.50. The molecule has 0 atom stereocenters. The molecular formula is C24H14N2O. The van der Waals surface area contributed by atoms with Crippen molar-refractivity contribution in [3.63, 3.8) is 0 Å². The van der Waals surface area contributed by atoms with E-state index >= 15 is 0 Å². The van der Waals surface area contributed by atoms with Crippen molar-refractivity contribution in [2.24, 2.45) is 0 Å². The maximum atomic E-state index is 9.39. The van der Waals surface area contributed by atoms with Gasteiger partial charge in [0.15, 0.2) is 5.58 Å². The number of nitriles is 1. The number of pyridine rings is 1. The second kappa shape index (κ2) is 6.12. The maximum absolute atomic E-state index is 9.39. The first kappa shape index (κ1) is 15.4. The predicted octanol–water partition coefficient (Wildman–Crippen LogP) is 6.19. The first-order chi connectivity index (χ1) is 13.3. The normalized spacial score (nSPS) is 10.9. The molecule has 5 aromatic rings. The summed E-state index contributed by atoms with van der Waals surface area (Å²) in [4.78, 5) is 4.57. The summed E-state index contributed by atoms with van der Waals surface area (Å²) in [5.74, 6) is 0. The number of hydrogen-bond acceptors (Lipinski definition) is 3. The van der Waals surface area contributed by atoms with Gasteiger partial charge in [-0.25, -0.2) is 0 Å². The third-order valence-electron chi connectivity index (χ3n) is 4.79. The molecule has 3 aromatic carbocycles. The van der Waals surface area contributed by atoms with E-state index in [4.69, 9.17) is 4.42 Å². The van der Waals surface area contributed by atoms with Gasteiger partial charge in [0.05, 0.1) is 11.3 Å². The van der Waals surface area contributed by atoms with Crippen LogP contribution in [0.2, 0.25) is 0 Å². The van der Waals surface area contributed by atoms with E-state index < -0.39 is 0 Å². The van der Waals surface area contributed by atoms with E-state index in [2.05, 4.69) is 29.3 Å². The number of para-hydroxylation sites is 2. The van der Waals surface area contributed by atoms with Crippen LogP contribution in [0.25, 0.3) is 44.3 Å². The lowest BCUT2D eigenvalue weighted by Crippen LogP contribution is -1.86. The largest absolute Gasteiger partial charge is 0.454 e. The molecule has 0 radical (unpaired) electrons. The Bertz CT molecular complexity index is 1330. The third-order valence-corrected chi connectivity index (χ3v) is 4.79. The molecule has 0 aliphatic rings.